The molecule has 36 heavy (non-hydrogen) atoms. The molecule has 1 aliphatic heterocycles. The van der Waals surface area contributed by atoms with Gasteiger partial charge in [0.05, 0.1) is 5.41 Å². The lowest BCUT2D eigenvalue weighted by Gasteiger charge is -2.23. The maximum absolute atomic E-state index is 13.4. The number of nitrogens with two attached hydrogens (primary N) is 1. The number of anilines is 1. The number of amides is 1. The molecule has 1 atom stereocenters. The van der Waals surface area contributed by atoms with Crippen molar-refractivity contribution in [3.8, 4) is 22.6 Å². The summed E-state index contributed by atoms with van der Waals surface area (Å²) in [7, 11) is -2.82. The summed E-state index contributed by atoms with van der Waals surface area (Å²) in [6, 6.07) is 18.8. The van der Waals surface area contributed by atoms with Gasteiger partial charge in [-0.3, -0.25) is 4.79 Å². The van der Waals surface area contributed by atoms with Crippen molar-refractivity contribution >= 4 is 22.3 Å². The van der Waals surface area contributed by atoms with Crippen molar-refractivity contribution in [2.75, 3.05) is 12.1 Å². The van der Waals surface area contributed by atoms with E-state index in [9.17, 15) is 13.2 Å². The fourth-order valence-electron chi connectivity index (χ4n) is 4.89. The minimum atomic E-state index is -2.82. The third-order valence-electron chi connectivity index (χ3n) is 7.26. The zero-order valence-electron chi connectivity index (χ0n) is 20.4. The number of hydrogen-bond acceptors (Lipinski definition) is 6. The van der Waals surface area contributed by atoms with Crippen LogP contribution in [0, 0.1) is 6.92 Å². The SMILES string of the molecule is CCCC(N)(c1ccc(-c2cc(NC(=O)C3(c4ccc5c(c4)OCO5)CC3)ccc2C)cc1)[SH](=O)=O. The Morgan fingerprint density at radius 2 is 1.75 bits per heavy atom. The lowest BCUT2D eigenvalue weighted by Crippen LogP contribution is -2.38. The Bertz CT molecular complexity index is 1390. The van der Waals surface area contributed by atoms with Crippen molar-refractivity contribution in [3.05, 3.63) is 77.4 Å². The smallest absolute Gasteiger partial charge is 0.235 e. The Hall–Kier alpha value is -3.36. The summed E-state index contributed by atoms with van der Waals surface area (Å²) < 4.78 is 34.6. The highest BCUT2D eigenvalue weighted by Crippen LogP contribution is 2.51. The molecule has 3 aromatic carbocycles. The normalized spacial score (nSPS) is 17.0. The number of rotatable bonds is 8. The maximum atomic E-state index is 13.4. The first-order valence-corrected chi connectivity index (χ1v) is 13.3. The van der Waals surface area contributed by atoms with Gasteiger partial charge in [0.1, 0.15) is 4.87 Å². The summed E-state index contributed by atoms with van der Waals surface area (Å²) in [6.07, 6.45) is 2.57. The number of hydrogen-bond donors (Lipinski definition) is 3. The van der Waals surface area contributed by atoms with Crippen LogP contribution in [0.2, 0.25) is 0 Å². The number of benzene rings is 3. The molecule has 188 valence electrons. The zero-order chi connectivity index (χ0) is 25.5. The number of carbonyl (C=O) groups is 1. The molecular weight excluding hydrogens is 476 g/mol. The highest BCUT2D eigenvalue weighted by Gasteiger charge is 2.51. The Morgan fingerprint density at radius 3 is 2.42 bits per heavy atom. The largest absolute Gasteiger partial charge is 0.454 e. The summed E-state index contributed by atoms with van der Waals surface area (Å²) in [5.74, 6) is 1.33. The second kappa shape index (κ2) is 9.26. The molecular formula is C28H30N2O5S. The van der Waals surface area contributed by atoms with Crippen LogP contribution in [0.25, 0.3) is 11.1 Å². The summed E-state index contributed by atoms with van der Waals surface area (Å²) in [4.78, 5) is 12.0. The predicted molar refractivity (Wildman–Crippen MR) is 140 cm³/mol. The van der Waals surface area contributed by atoms with Gasteiger partial charge in [-0.25, -0.2) is 8.42 Å². The van der Waals surface area contributed by atoms with Gasteiger partial charge in [0.25, 0.3) is 0 Å². The summed E-state index contributed by atoms with van der Waals surface area (Å²) >= 11 is 0. The molecule has 1 amide bonds. The Labute approximate surface area is 212 Å². The van der Waals surface area contributed by atoms with Crippen LogP contribution in [0.3, 0.4) is 0 Å². The molecule has 1 heterocycles. The van der Waals surface area contributed by atoms with Gasteiger partial charge < -0.3 is 20.5 Å². The van der Waals surface area contributed by atoms with Gasteiger partial charge in [-0.2, -0.15) is 0 Å². The van der Waals surface area contributed by atoms with Crippen LogP contribution in [-0.2, 0) is 25.8 Å². The van der Waals surface area contributed by atoms with E-state index in [0.717, 1.165) is 35.1 Å². The Balaban J connectivity index is 1.38. The number of carbonyl (C=O) groups excluding carboxylic acids is 1. The van der Waals surface area contributed by atoms with Crippen molar-refractivity contribution in [1.29, 1.82) is 0 Å². The fraction of sp³-hybridized carbons (Fsp3) is 0.321. The van der Waals surface area contributed by atoms with Crippen molar-refractivity contribution in [3.63, 3.8) is 0 Å². The van der Waals surface area contributed by atoms with Gasteiger partial charge in [-0.05, 0) is 78.3 Å². The van der Waals surface area contributed by atoms with Crippen LogP contribution in [0.4, 0.5) is 5.69 Å². The van der Waals surface area contributed by atoms with Gasteiger partial charge in [-0.15, -0.1) is 0 Å². The van der Waals surface area contributed by atoms with E-state index in [1.807, 2.05) is 62.4 Å². The molecule has 1 saturated carbocycles. The third-order valence-corrected chi connectivity index (χ3v) is 8.39. The average molecular weight is 507 g/mol. The van der Waals surface area contributed by atoms with E-state index in [2.05, 4.69) is 5.32 Å². The Kier molecular flexibility index (Phi) is 6.26. The number of aryl methyl sites for hydroxylation is 1. The maximum Gasteiger partial charge on any atom is 0.235 e. The third kappa shape index (κ3) is 4.24. The minimum absolute atomic E-state index is 0.0433. The molecule has 3 aromatic rings. The van der Waals surface area contributed by atoms with Crippen molar-refractivity contribution in [1.82, 2.24) is 0 Å². The molecule has 7 nitrogen and oxygen atoms in total. The second-order valence-corrected chi connectivity index (χ2v) is 11.0. The van der Waals surface area contributed by atoms with Crippen LogP contribution in [0.1, 0.15) is 49.3 Å². The lowest BCUT2D eigenvalue weighted by atomic mass is 9.93. The highest BCUT2D eigenvalue weighted by molar-refractivity contribution is 7.73. The molecule has 0 radical (unpaired) electrons. The van der Waals surface area contributed by atoms with Crippen molar-refractivity contribution < 1.29 is 22.7 Å². The first-order chi connectivity index (χ1) is 17.3. The molecule has 5 rings (SSSR count). The summed E-state index contributed by atoms with van der Waals surface area (Å²) in [5.41, 5.74) is 10.8. The minimum Gasteiger partial charge on any atom is -0.454 e. The molecule has 0 bridgehead atoms. The molecule has 0 saturated heterocycles. The molecule has 0 spiro atoms. The van der Waals surface area contributed by atoms with E-state index in [1.54, 1.807) is 12.1 Å². The quantitative estimate of drug-likeness (QED) is 0.386. The first kappa shape index (κ1) is 24.3. The molecule has 1 unspecified atom stereocenters. The molecule has 0 aromatic heterocycles. The molecule has 1 fully saturated rings. The van der Waals surface area contributed by atoms with E-state index in [4.69, 9.17) is 15.2 Å². The van der Waals surface area contributed by atoms with Crippen LogP contribution >= 0.6 is 0 Å². The van der Waals surface area contributed by atoms with Crippen LogP contribution in [0.15, 0.2) is 60.7 Å². The van der Waals surface area contributed by atoms with Crippen LogP contribution in [-0.4, -0.2) is 21.1 Å². The molecule has 2 aliphatic rings. The highest BCUT2D eigenvalue weighted by atomic mass is 32.2. The second-order valence-electron chi connectivity index (χ2n) is 9.64. The van der Waals surface area contributed by atoms with Gasteiger partial charge >= 0.3 is 0 Å². The van der Waals surface area contributed by atoms with E-state index in [0.29, 0.717) is 35.6 Å². The van der Waals surface area contributed by atoms with E-state index in [1.165, 1.54) is 0 Å². The number of fused-ring (bicyclic) bond motifs is 1. The zero-order valence-corrected chi connectivity index (χ0v) is 21.3. The van der Waals surface area contributed by atoms with E-state index >= 15 is 0 Å². The van der Waals surface area contributed by atoms with Gasteiger partial charge in [-0.1, -0.05) is 49.7 Å². The van der Waals surface area contributed by atoms with E-state index in [-0.39, 0.29) is 12.7 Å². The van der Waals surface area contributed by atoms with Crippen LogP contribution < -0.4 is 20.5 Å². The van der Waals surface area contributed by atoms with Gasteiger partial charge in [0.15, 0.2) is 22.2 Å². The first-order valence-electron chi connectivity index (χ1n) is 12.1. The summed E-state index contributed by atoms with van der Waals surface area (Å²) in [6.45, 7) is 4.12. The molecule has 3 N–H and O–H groups in total. The standard InChI is InChI=1S/C28H30N2O5S/c1-3-12-28(29,36(32)33)20-7-5-19(6-8-20)23-16-22(10-4-18(23)2)30-26(31)27(13-14-27)21-9-11-24-25(15-21)35-17-34-24/h4-11,15-16,36H,3,12-14,17,29H2,1-2H3,(H,30,31). The Morgan fingerprint density at radius 1 is 1.03 bits per heavy atom. The number of thiol groups is 1. The number of nitrogens with one attached hydrogen (secondary N) is 1. The van der Waals surface area contributed by atoms with Crippen molar-refractivity contribution in [2.24, 2.45) is 5.73 Å². The fourth-order valence-corrected chi connectivity index (χ4v) is 5.65. The topological polar surface area (TPSA) is 108 Å². The number of ether oxygens (including phenoxy) is 2. The molecule has 1 aliphatic carbocycles. The van der Waals surface area contributed by atoms with Gasteiger partial charge in [0, 0.05) is 5.69 Å². The molecule has 8 heteroatoms. The van der Waals surface area contributed by atoms with E-state index < -0.39 is 21.0 Å². The average Bonchev–Trinajstić information content (AvgIpc) is 3.56. The van der Waals surface area contributed by atoms with Crippen LogP contribution in [0.5, 0.6) is 11.5 Å². The van der Waals surface area contributed by atoms with Gasteiger partial charge in [0.2, 0.25) is 12.7 Å². The lowest BCUT2D eigenvalue weighted by molar-refractivity contribution is -0.118. The monoisotopic (exact) mass is 506 g/mol. The van der Waals surface area contributed by atoms with Crippen molar-refractivity contribution in [2.45, 2.75) is 49.8 Å². The summed E-state index contributed by atoms with van der Waals surface area (Å²) in [5, 5.41) is 3.10. The predicted octanol–water partition coefficient (Wildman–Crippen LogP) is 4.58.